The third kappa shape index (κ3) is 4.08. The average Bonchev–Trinajstić information content (AvgIpc) is 2.82. The van der Waals surface area contributed by atoms with E-state index in [0.29, 0.717) is 11.1 Å². The molecule has 1 N–H and O–H groups in total. The van der Waals surface area contributed by atoms with Crippen LogP contribution in [0.2, 0.25) is 0 Å². The average molecular weight is 241 g/mol. The first-order valence-corrected chi connectivity index (χ1v) is 6.54. The zero-order chi connectivity index (χ0) is 11.8. The molecule has 1 aliphatic heterocycles. The maximum atomic E-state index is 5.39. The molecule has 0 bridgehead atoms. The fourth-order valence-electron chi connectivity index (χ4n) is 1.62. The minimum atomic E-state index is 0.490. The summed E-state index contributed by atoms with van der Waals surface area (Å²) < 4.78 is 5.39. The van der Waals surface area contributed by atoms with Gasteiger partial charge in [0.25, 0.3) is 0 Å². The highest BCUT2D eigenvalue weighted by Gasteiger charge is 2.19. The number of hydrogen-bond acceptors (Lipinski definition) is 4. The largest absolute Gasteiger partial charge is 0.381 e. The lowest BCUT2D eigenvalue weighted by Gasteiger charge is -2.11. The zero-order valence-corrected chi connectivity index (χ0v) is 10.7. The van der Waals surface area contributed by atoms with Crippen LogP contribution < -0.4 is 5.32 Å². The maximum absolute atomic E-state index is 5.39. The van der Waals surface area contributed by atoms with Crippen LogP contribution in [0.5, 0.6) is 0 Å². The molecule has 1 aliphatic rings. The van der Waals surface area contributed by atoms with Crippen molar-refractivity contribution >= 4 is 23.6 Å². The van der Waals surface area contributed by atoms with Crippen LogP contribution in [0, 0.1) is 5.92 Å². The Balaban J connectivity index is 2.70. The number of thioether (sulfide) groups is 1. The molecule has 0 spiro atoms. The van der Waals surface area contributed by atoms with Gasteiger partial charge < -0.3 is 10.1 Å². The number of aliphatic imine (C=N–C) groups is 2. The summed E-state index contributed by atoms with van der Waals surface area (Å²) in [7, 11) is 1.94. The summed E-state index contributed by atoms with van der Waals surface area (Å²) in [6, 6.07) is 0. The molecule has 0 aromatic carbocycles. The fourth-order valence-corrected chi connectivity index (χ4v) is 1.91. The highest BCUT2D eigenvalue weighted by atomic mass is 32.2. The third-order valence-corrected chi connectivity index (χ3v) is 3.09. The standard InChI is InChI=1S/C11H19N3OS/c1-12-6-10(9-4-5-15-8-9)7-14-11(13-2)16-3/h7,9,12H,2,4-6,8H2,1,3H3/b10-7-,14-11?. The molecule has 5 heteroatoms. The van der Waals surface area contributed by atoms with E-state index in [1.165, 1.54) is 17.3 Å². The molecule has 4 nitrogen and oxygen atoms in total. The number of amidine groups is 1. The van der Waals surface area contributed by atoms with Crippen LogP contribution in [0.1, 0.15) is 6.42 Å². The SMILES string of the molecule is C=NC(=N/C=C(/CNC)C1CCOC1)SC. The summed E-state index contributed by atoms with van der Waals surface area (Å²) in [5, 5.41) is 3.86. The fraction of sp³-hybridized carbons (Fsp3) is 0.636. The van der Waals surface area contributed by atoms with Gasteiger partial charge in [0.15, 0.2) is 5.17 Å². The van der Waals surface area contributed by atoms with E-state index in [1.807, 2.05) is 19.5 Å². The summed E-state index contributed by atoms with van der Waals surface area (Å²) in [6.45, 7) is 5.98. The van der Waals surface area contributed by atoms with E-state index < -0.39 is 0 Å². The monoisotopic (exact) mass is 241 g/mol. The van der Waals surface area contributed by atoms with Crippen molar-refractivity contribution in [3.05, 3.63) is 11.8 Å². The van der Waals surface area contributed by atoms with Crippen molar-refractivity contribution in [1.82, 2.24) is 5.32 Å². The molecule has 0 radical (unpaired) electrons. The van der Waals surface area contributed by atoms with E-state index in [9.17, 15) is 0 Å². The topological polar surface area (TPSA) is 46.0 Å². The van der Waals surface area contributed by atoms with Crippen molar-refractivity contribution in [3.8, 4) is 0 Å². The van der Waals surface area contributed by atoms with Gasteiger partial charge in [0.2, 0.25) is 0 Å². The predicted molar refractivity (Wildman–Crippen MR) is 71.4 cm³/mol. The maximum Gasteiger partial charge on any atom is 0.186 e. The van der Waals surface area contributed by atoms with Gasteiger partial charge in [0.1, 0.15) is 0 Å². The number of nitrogens with zero attached hydrogens (tertiary/aromatic N) is 2. The van der Waals surface area contributed by atoms with Gasteiger partial charge in [-0.2, -0.15) is 0 Å². The second-order valence-electron chi connectivity index (χ2n) is 3.57. The van der Waals surface area contributed by atoms with Crippen LogP contribution in [0.4, 0.5) is 0 Å². The van der Waals surface area contributed by atoms with E-state index >= 15 is 0 Å². The molecule has 90 valence electrons. The van der Waals surface area contributed by atoms with Crippen molar-refractivity contribution in [2.75, 3.05) is 33.1 Å². The Morgan fingerprint density at radius 3 is 3.00 bits per heavy atom. The van der Waals surface area contributed by atoms with Gasteiger partial charge in [-0.15, -0.1) is 0 Å². The molecule has 0 saturated carbocycles. The smallest absolute Gasteiger partial charge is 0.186 e. The van der Waals surface area contributed by atoms with Gasteiger partial charge >= 0.3 is 0 Å². The van der Waals surface area contributed by atoms with Crippen LogP contribution >= 0.6 is 11.8 Å². The molecule has 1 heterocycles. The van der Waals surface area contributed by atoms with E-state index in [0.717, 1.165) is 26.2 Å². The van der Waals surface area contributed by atoms with E-state index in [4.69, 9.17) is 4.74 Å². The number of likely N-dealkylation sites (N-methyl/N-ethyl adjacent to an activating group) is 1. The van der Waals surface area contributed by atoms with Crippen LogP contribution in [0.15, 0.2) is 21.8 Å². The Labute approximate surface area is 101 Å². The van der Waals surface area contributed by atoms with Crippen LogP contribution in [-0.4, -0.2) is 44.9 Å². The molecule has 0 aliphatic carbocycles. The Kier molecular flexibility index (Phi) is 6.37. The van der Waals surface area contributed by atoms with Crippen molar-refractivity contribution in [2.24, 2.45) is 15.9 Å². The highest BCUT2D eigenvalue weighted by molar-refractivity contribution is 8.13. The molecular weight excluding hydrogens is 222 g/mol. The molecule has 1 rings (SSSR count). The van der Waals surface area contributed by atoms with Crippen LogP contribution in [0.3, 0.4) is 0 Å². The van der Waals surface area contributed by atoms with E-state index in [-0.39, 0.29) is 0 Å². The molecular formula is C11H19N3OS. The third-order valence-electron chi connectivity index (χ3n) is 2.49. The number of rotatable bonds is 4. The summed E-state index contributed by atoms with van der Waals surface area (Å²) in [5.41, 5.74) is 1.27. The summed E-state index contributed by atoms with van der Waals surface area (Å²) in [4.78, 5) is 8.15. The lowest BCUT2D eigenvalue weighted by atomic mass is 9.99. The van der Waals surface area contributed by atoms with Gasteiger partial charge in [-0.05, 0) is 32.0 Å². The number of hydrogen-bond donors (Lipinski definition) is 1. The Morgan fingerprint density at radius 2 is 2.50 bits per heavy atom. The molecule has 1 unspecified atom stereocenters. The lowest BCUT2D eigenvalue weighted by molar-refractivity contribution is 0.190. The molecule has 0 aromatic rings. The Hall–Kier alpha value is -0.650. The summed E-state index contributed by atoms with van der Waals surface area (Å²) in [6.07, 6.45) is 4.92. The first kappa shape index (κ1) is 13.4. The normalized spacial score (nSPS) is 22.5. The first-order valence-electron chi connectivity index (χ1n) is 5.31. The highest BCUT2D eigenvalue weighted by Crippen LogP contribution is 2.21. The Bertz CT molecular complexity index is 283. The minimum absolute atomic E-state index is 0.490. The van der Waals surface area contributed by atoms with Crippen molar-refractivity contribution in [2.45, 2.75) is 6.42 Å². The molecule has 0 amide bonds. The number of ether oxygens (including phenoxy) is 1. The Morgan fingerprint density at radius 1 is 1.69 bits per heavy atom. The quantitative estimate of drug-likeness (QED) is 0.600. The molecule has 1 fully saturated rings. The van der Waals surface area contributed by atoms with Gasteiger partial charge in [0.05, 0.1) is 6.61 Å². The van der Waals surface area contributed by atoms with Gasteiger partial charge in [-0.25, -0.2) is 9.98 Å². The van der Waals surface area contributed by atoms with Crippen molar-refractivity contribution in [3.63, 3.8) is 0 Å². The summed E-state index contributed by atoms with van der Waals surface area (Å²) in [5.74, 6) is 0.490. The zero-order valence-electron chi connectivity index (χ0n) is 9.90. The first-order chi connectivity index (χ1) is 7.81. The van der Waals surface area contributed by atoms with Gasteiger partial charge in [-0.3, -0.25) is 0 Å². The molecule has 0 aromatic heterocycles. The number of nitrogens with one attached hydrogen (secondary N) is 1. The molecule has 1 saturated heterocycles. The minimum Gasteiger partial charge on any atom is -0.381 e. The van der Waals surface area contributed by atoms with Crippen LogP contribution in [0.25, 0.3) is 0 Å². The second-order valence-corrected chi connectivity index (χ2v) is 4.34. The van der Waals surface area contributed by atoms with Crippen molar-refractivity contribution in [1.29, 1.82) is 0 Å². The second kappa shape index (κ2) is 7.60. The van der Waals surface area contributed by atoms with Gasteiger partial charge in [0, 0.05) is 25.3 Å². The predicted octanol–water partition coefficient (Wildman–Crippen LogP) is 1.55. The van der Waals surface area contributed by atoms with E-state index in [2.05, 4.69) is 22.0 Å². The molecule has 16 heavy (non-hydrogen) atoms. The van der Waals surface area contributed by atoms with Gasteiger partial charge in [-0.1, -0.05) is 11.8 Å². The lowest BCUT2D eigenvalue weighted by Crippen LogP contribution is -2.17. The van der Waals surface area contributed by atoms with Crippen LogP contribution in [-0.2, 0) is 4.74 Å². The summed E-state index contributed by atoms with van der Waals surface area (Å²) >= 11 is 1.50. The molecule has 1 atom stereocenters. The van der Waals surface area contributed by atoms with Crippen molar-refractivity contribution < 1.29 is 4.74 Å². The van der Waals surface area contributed by atoms with E-state index in [1.54, 1.807) is 0 Å².